The molecule has 0 fully saturated rings. The Balaban J connectivity index is 1.82. The third-order valence-electron chi connectivity index (χ3n) is 3.06. The van der Waals surface area contributed by atoms with Crippen LogP contribution in [0.4, 0.5) is 0 Å². The summed E-state index contributed by atoms with van der Waals surface area (Å²) < 4.78 is 10.5. The smallest absolute Gasteiger partial charge is 0.342 e. The summed E-state index contributed by atoms with van der Waals surface area (Å²) in [5.41, 5.74) is 1.97. The Bertz CT molecular complexity index is 617. The fraction of sp³-hybridized carbons (Fsp3) is 0.235. The molecule has 0 radical (unpaired) electrons. The van der Waals surface area contributed by atoms with Crippen molar-refractivity contribution < 1.29 is 19.4 Å². The Hall–Kier alpha value is -2.49. The summed E-state index contributed by atoms with van der Waals surface area (Å²) >= 11 is 0. The Labute approximate surface area is 123 Å². The van der Waals surface area contributed by atoms with Crippen molar-refractivity contribution in [3.05, 3.63) is 59.2 Å². The first-order valence-corrected chi connectivity index (χ1v) is 6.73. The molecule has 2 aromatic carbocycles. The third kappa shape index (κ3) is 3.99. The average Bonchev–Trinajstić information content (AvgIpc) is 2.48. The Morgan fingerprint density at radius 3 is 2.48 bits per heavy atom. The SMILES string of the molecule is Cc1ccc(OCCOC(=O)c2cccc(C)c2O)cc1. The molecule has 0 saturated heterocycles. The maximum Gasteiger partial charge on any atom is 0.342 e. The summed E-state index contributed by atoms with van der Waals surface area (Å²) in [5, 5.41) is 9.80. The summed E-state index contributed by atoms with van der Waals surface area (Å²) in [5.74, 6) is 0.140. The molecule has 0 aromatic heterocycles. The number of rotatable bonds is 5. The van der Waals surface area contributed by atoms with Crippen LogP contribution in [0.2, 0.25) is 0 Å². The van der Waals surface area contributed by atoms with Crippen molar-refractivity contribution >= 4 is 5.97 Å². The fourth-order valence-corrected chi connectivity index (χ4v) is 1.83. The van der Waals surface area contributed by atoms with E-state index in [0.29, 0.717) is 5.56 Å². The third-order valence-corrected chi connectivity index (χ3v) is 3.06. The second-order valence-corrected chi connectivity index (χ2v) is 4.77. The number of para-hydroxylation sites is 1. The van der Waals surface area contributed by atoms with Crippen LogP contribution in [0.15, 0.2) is 42.5 Å². The zero-order chi connectivity index (χ0) is 15.2. The average molecular weight is 286 g/mol. The first-order chi connectivity index (χ1) is 10.1. The van der Waals surface area contributed by atoms with Crippen LogP contribution >= 0.6 is 0 Å². The molecule has 0 spiro atoms. The fourth-order valence-electron chi connectivity index (χ4n) is 1.83. The van der Waals surface area contributed by atoms with Crippen molar-refractivity contribution in [3.8, 4) is 11.5 Å². The van der Waals surface area contributed by atoms with Crippen molar-refractivity contribution in [1.82, 2.24) is 0 Å². The van der Waals surface area contributed by atoms with E-state index in [9.17, 15) is 9.90 Å². The molecule has 4 heteroatoms. The molecule has 0 saturated carbocycles. The van der Waals surface area contributed by atoms with Crippen LogP contribution in [-0.4, -0.2) is 24.3 Å². The summed E-state index contributed by atoms with van der Waals surface area (Å²) in [6, 6.07) is 12.6. The van der Waals surface area contributed by atoms with Crippen molar-refractivity contribution in [2.75, 3.05) is 13.2 Å². The Morgan fingerprint density at radius 1 is 1.05 bits per heavy atom. The number of aryl methyl sites for hydroxylation is 2. The molecule has 21 heavy (non-hydrogen) atoms. The second-order valence-electron chi connectivity index (χ2n) is 4.77. The summed E-state index contributed by atoms with van der Waals surface area (Å²) in [6.07, 6.45) is 0. The van der Waals surface area contributed by atoms with Gasteiger partial charge in [0.15, 0.2) is 0 Å². The normalized spacial score (nSPS) is 10.2. The van der Waals surface area contributed by atoms with Crippen LogP contribution in [0.3, 0.4) is 0 Å². The highest BCUT2D eigenvalue weighted by Gasteiger charge is 2.13. The molecule has 4 nitrogen and oxygen atoms in total. The minimum absolute atomic E-state index is 0.0399. The van der Waals surface area contributed by atoms with E-state index in [0.717, 1.165) is 11.3 Å². The molecule has 0 bridgehead atoms. The molecule has 0 aliphatic heterocycles. The highest BCUT2D eigenvalue weighted by Crippen LogP contribution is 2.22. The highest BCUT2D eigenvalue weighted by molar-refractivity contribution is 5.92. The van der Waals surface area contributed by atoms with E-state index in [-0.39, 0.29) is 24.5 Å². The summed E-state index contributed by atoms with van der Waals surface area (Å²) in [6.45, 7) is 4.12. The van der Waals surface area contributed by atoms with E-state index in [2.05, 4.69) is 0 Å². The number of aromatic hydroxyl groups is 1. The second kappa shape index (κ2) is 6.79. The predicted octanol–water partition coefficient (Wildman–Crippen LogP) is 3.24. The molecule has 0 unspecified atom stereocenters. The van der Waals surface area contributed by atoms with Gasteiger partial charge in [-0.25, -0.2) is 4.79 Å². The number of hydrogen-bond donors (Lipinski definition) is 1. The van der Waals surface area contributed by atoms with Gasteiger partial charge in [0.2, 0.25) is 0 Å². The minimum atomic E-state index is -0.552. The van der Waals surface area contributed by atoms with Gasteiger partial charge in [0, 0.05) is 0 Å². The van der Waals surface area contributed by atoms with Gasteiger partial charge < -0.3 is 14.6 Å². The van der Waals surface area contributed by atoms with Gasteiger partial charge in [0.1, 0.15) is 30.3 Å². The monoisotopic (exact) mass is 286 g/mol. The molecule has 2 aromatic rings. The lowest BCUT2D eigenvalue weighted by Crippen LogP contribution is -2.12. The van der Waals surface area contributed by atoms with Crippen molar-refractivity contribution in [2.45, 2.75) is 13.8 Å². The standard InChI is InChI=1S/C17H18O4/c1-12-6-8-14(9-7-12)20-10-11-21-17(19)15-5-3-4-13(2)16(15)18/h3-9,18H,10-11H2,1-2H3. The van der Waals surface area contributed by atoms with E-state index in [4.69, 9.17) is 9.47 Å². The summed E-state index contributed by atoms with van der Waals surface area (Å²) in [7, 11) is 0. The minimum Gasteiger partial charge on any atom is -0.507 e. The number of ether oxygens (including phenoxy) is 2. The number of phenolic OH excluding ortho intramolecular Hbond substituents is 1. The van der Waals surface area contributed by atoms with Gasteiger partial charge in [-0.15, -0.1) is 0 Å². The maximum atomic E-state index is 11.8. The van der Waals surface area contributed by atoms with E-state index in [1.807, 2.05) is 31.2 Å². The van der Waals surface area contributed by atoms with Crippen molar-refractivity contribution in [3.63, 3.8) is 0 Å². The van der Waals surface area contributed by atoms with Gasteiger partial charge in [0.25, 0.3) is 0 Å². The molecular weight excluding hydrogens is 268 g/mol. The van der Waals surface area contributed by atoms with Gasteiger partial charge >= 0.3 is 5.97 Å². The molecule has 0 amide bonds. The lowest BCUT2D eigenvalue weighted by atomic mass is 10.1. The van der Waals surface area contributed by atoms with E-state index in [1.165, 1.54) is 6.07 Å². The zero-order valence-corrected chi connectivity index (χ0v) is 12.1. The van der Waals surface area contributed by atoms with Gasteiger partial charge in [-0.2, -0.15) is 0 Å². The van der Waals surface area contributed by atoms with Crippen LogP contribution in [-0.2, 0) is 4.74 Å². The quantitative estimate of drug-likeness (QED) is 0.677. The number of phenols is 1. The molecule has 1 N–H and O–H groups in total. The lowest BCUT2D eigenvalue weighted by Gasteiger charge is -2.09. The molecular formula is C17H18O4. The molecule has 0 aliphatic carbocycles. The van der Waals surface area contributed by atoms with Gasteiger partial charge in [0.05, 0.1) is 0 Å². The number of esters is 1. The highest BCUT2D eigenvalue weighted by atomic mass is 16.6. The molecule has 0 aliphatic rings. The number of carbonyl (C=O) groups is 1. The topological polar surface area (TPSA) is 55.8 Å². The van der Waals surface area contributed by atoms with Crippen LogP contribution in [0.5, 0.6) is 11.5 Å². The van der Waals surface area contributed by atoms with Crippen LogP contribution in [0, 0.1) is 13.8 Å². The maximum absolute atomic E-state index is 11.8. The van der Waals surface area contributed by atoms with E-state index < -0.39 is 5.97 Å². The van der Waals surface area contributed by atoms with Crippen LogP contribution < -0.4 is 4.74 Å². The van der Waals surface area contributed by atoms with Crippen molar-refractivity contribution in [2.24, 2.45) is 0 Å². The number of hydrogen-bond acceptors (Lipinski definition) is 4. The largest absolute Gasteiger partial charge is 0.507 e. The molecule has 110 valence electrons. The Kier molecular flexibility index (Phi) is 4.82. The lowest BCUT2D eigenvalue weighted by molar-refractivity contribution is 0.0447. The van der Waals surface area contributed by atoms with Crippen LogP contribution in [0.1, 0.15) is 21.5 Å². The Morgan fingerprint density at radius 2 is 1.76 bits per heavy atom. The predicted molar refractivity (Wildman–Crippen MR) is 79.8 cm³/mol. The van der Waals surface area contributed by atoms with Gasteiger partial charge in [-0.05, 0) is 37.6 Å². The molecule has 0 heterocycles. The number of benzene rings is 2. The molecule has 0 atom stereocenters. The van der Waals surface area contributed by atoms with Crippen LogP contribution in [0.25, 0.3) is 0 Å². The van der Waals surface area contributed by atoms with Gasteiger partial charge in [-0.1, -0.05) is 29.8 Å². The number of carbonyl (C=O) groups excluding carboxylic acids is 1. The van der Waals surface area contributed by atoms with E-state index >= 15 is 0 Å². The first-order valence-electron chi connectivity index (χ1n) is 6.73. The molecule has 2 rings (SSSR count). The van der Waals surface area contributed by atoms with E-state index in [1.54, 1.807) is 19.1 Å². The van der Waals surface area contributed by atoms with Gasteiger partial charge in [-0.3, -0.25) is 0 Å². The zero-order valence-electron chi connectivity index (χ0n) is 12.1. The summed E-state index contributed by atoms with van der Waals surface area (Å²) in [4.78, 5) is 11.8. The first kappa shape index (κ1) is 14.9. The van der Waals surface area contributed by atoms with Crippen molar-refractivity contribution in [1.29, 1.82) is 0 Å².